The molecule has 2 saturated carbocycles. The quantitative estimate of drug-likeness (QED) is 0.499. The number of hydrogen-bond acceptors (Lipinski definition) is 0. The van der Waals surface area contributed by atoms with Gasteiger partial charge in [0.05, 0.1) is 0 Å². The van der Waals surface area contributed by atoms with Crippen molar-refractivity contribution >= 4 is 23.2 Å². The molecule has 0 heterocycles. The molecule has 2 rings (SSSR count). The molecule has 2 aliphatic carbocycles. The number of hydrogen-bond donors (Lipinski definition) is 0. The highest BCUT2D eigenvalue weighted by Gasteiger charge is 2.65. The van der Waals surface area contributed by atoms with Gasteiger partial charge in [0, 0.05) is 5.41 Å². The summed E-state index contributed by atoms with van der Waals surface area (Å²) in [5, 5.41) is 0. The molecule has 0 aromatic rings. The average Bonchev–Trinajstić information content (AvgIpc) is 2.36. The van der Waals surface area contributed by atoms with Crippen LogP contribution in [0.15, 0.2) is 0 Å². The Kier molecular flexibility index (Phi) is 1.48. The van der Waals surface area contributed by atoms with Crippen molar-refractivity contribution < 1.29 is 0 Å². The van der Waals surface area contributed by atoms with Crippen LogP contribution in [0.1, 0.15) is 38.5 Å². The third-order valence-corrected chi connectivity index (χ3v) is 4.09. The molecule has 0 amide bonds. The SMILES string of the molecule is ClC1(Cl)CC12CCCCC2. The van der Waals surface area contributed by atoms with Crippen molar-refractivity contribution in [2.75, 3.05) is 0 Å². The first-order chi connectivity index (χ1) is 4.66. The molecule has 0 aromatic carbocycles. The van der Waals surface area contributed by atoms with Crippen LogP contribution in [0.25, 0.3) is 0 Å². The second-order valence-electron chi connectivity index (χ2n) is 3.72. The van der Waals surface area contributed by atoms with Gasteiger partial charge >= 0.3 is 0 Å². The number of rotatable bonds is 0. The Morgan fingerprint density at radius 1 is 0.900 bits per heavy atom. The molecule has 1 spiro atoms. The zero-order chi connectivity index (χ0) is 7.24. The maximum Gasteiger partial charge on any atom is 0.124 e. The van der Waals surface area contributed by atoms with Crippen LogP contribution < -0.4 is 0 Å². The fraction of sp³-hybridized carbons (Fsp3) is 1.00. The molecule has 0 aliphatic heterocycles. The fourth-order valence-electron chi connectivity index (χ4n) is 2.15. The van der Waals surface area contributed by atoms with Crippen LogP contribution >= 0.6 is 23.2 Å². The van der Waals surface area contributed by atoms with Crippen LogP contribution in [0, 0.1) is 5.41 Å². The van der Waals surface area contributed by atoms with E-state index in [2.05, 4.69) is 0 Å². The van der Waals surface area contributed by atoms with E-state index in [1.807, 2.05) is 0 Å². The van der Waals surface area contributed by atoms with Gasteiger partial charge in [-0.05, 0) is 19.3 Å². The van der Waals surface area contributed by atoms with Crippen molar-refractivity contribution in [2.24, 2.45) is 5.41 Å². The minimum atomic E-state index is -0.340. The molecular weight excluding hydrogens is 167 g/mol. The lowest BCUT2D eigenvalue weighted by atomic mass is 9.86. The predicted molar refractivity (Wildman–Crippen MR) is 44.6 cm³/mol. The highest BCUT2D eigenvalue weighted by atomic mass is 35.5. The molecule has 0 bridgehead atoms. The van der Waals surface area contributed by atoms with E-state index in [9.17, 15) is 0 Å². The molecule has 0 atom stereocenters. The van der Waals surface area contributed by atoms with Crippen LogP contribution in [-0.2, 0) is 0 Å². The summed E-state index contributed by atoms with van der Waals surface area (Å²) >= 11 is 12.1. The minimum Gasteiger partial charge on any atom is -0.101 e. The normalized spacial score (nSPS) is 34.2. The second-order valence-corrected chi connectivity index (χ2v) is 5.21. The van der Waals surface area contributed by atoms with Gasteiger partial charge in [0.15, 0.2) is 0 Å². The summed E-state index contributed by atoms with van der Waals surface area (Å²) in [5.41, 5.74) is 0.356. The van der Waals surface area contributed by atoms with Gasteiger partial charge in [-0.25, -0.2) is 0 Å². The monoisotopic (exact) mass is 178 g/mol. The Bertz CT molecular complexity index is 145. The van der Waals surface area contributed by atoms with Gasteiger partial charge in [-0.15, -0.1) is 23.2 Å². The first kappa shape index (κ1) is 7.24. The van der Waals surface area contributed by atoms with Gasteiger partial charge < -0.3 is 0 Å². The van der Waals surface area contributed by atoms with Crippen LogP contribution in [0.3, 0.4) is 0 Å². The van der Waals surface area contributed by atoms with E-state index < -0.39 is 0 Å². The third kappa shape index (κ3) is 0.887. The van der Waals surface area contributed by atoms with Crippen molar-refractivity contribution in [2.45, 2.75) is 42.9 Å². The number of halogens is 2. The molecule has 2 heteroatoms. The largest absolute Gasteiger partial charge is 0.124 e. The summed E-state index contributed by atoms with van der Waals surface area (Å²) in [6, 6.07) is 0. The van der Waals surface area contributed by atoms with Crippen molar-refractivity contribution in [1.29, 1.82) is 0 Å². The van der Waals surface area contributed by atoms with Crippen LogP contribution in [0.5, 0.6) is 0 Å². The van der Waals surface area contributed by atoms with Gasteiger partial charge in [0.25, 0.3) is 0 Å². The van der Waals surface area contributed by atoms with E-state index in [0.717, 1.165) is 6.42 Å². The standard InChI is InChI=1S/C8H12Cl2/c9-8(10)6-7(8)4-2-1-3-5-7/h1-6H2. The maximum atomic E-state index is 6.04. The predicted octanol–water partition coefficient (Wildman–Crippen LogP) is 3.51. The van der Waals surface area contributed by atoms with E-state index in [1.165, 1.54) is 32.1 Å². The smallest absolute Gasteiger partial charge is 0.101 e. The summed E-state index contributed by atoms with van der Waals surface area (Å²) in [6.45, 7) is 0. The molecule has 0 nitrogen and oxygen atoms in total. The van der Waals surface area contributed by atoms with Crippen LogP contribution in [0.2, 0.25) is 0 Å². The topological polar surface area (TPSA) is 0 Å². The third-order valence-electron chi connectivity index (χ3n) is 3.02. The summed E-state index contributed by atoms with van der Waals surface area (Å²) < 4.78 is -0.340. The Morgan fingerprint density at radius 2 is 1.40 bits per heavy atom. The highest BCUT2D eigenvalue weighted by Crippen LogP contribution is 2.70. The molecule has 58 valence electrons. The summed E-state index contributed by atoms with van der Waals surface area (Å²) in [6.07, 6.45) is 7.62. The Balaban J connectivity index is 2.05. The fourth-order valence-corrected chi connectivity index (χ4v) is 3.04. The molecule has 0 saturated heterocycles. The van der Waals surface area contributed by atoms with Crippen molar-refractivity contribution in [3.05, 3.63) is 0 Å². The van der Waals surface area contributed by atoms with Gasteiger partial charge in [-0.3, -0.25) is 0 Å². The van der Waals surface area contributed by atoms with E-state index in [1.54, 1.807) is 0 Å². The van der Waals surface area contributed by atoms with E-state index >= 15 is 0 Å². The van der Waals surface area contributed by atoms with Gasteiger partial charge in [0.2, 0.25) is 0 Å². The lowest BCUT2D eigenvalue weighted by molar-refractivity contribution is 0.332. The van der Waals surface area contributed by atoms with Gasteiger partial charge in [-0.2, -0.15) is 0 Å². The average molecular weight is 179 g/mol. The van der Waals surface area contributed by atoms with Crippen molar-refractivity contribution in [3.8, 4) is 0 Å². The lowest BCUT2D eigenvalue weighted by Crippen LogP contribution is -2.13. The Labute approximate surface area is 71.9 Å². The second kappa shape index (κ2) is 2.04. The van der Waals surface area contributed by atoms with Gasteiger partial charge in [-0.1, -0.05) is 19.3 Å². The van der Waals surface area contributed by atoms with E-state index in [-0.39, 0.29) is 4.33 Å². The molecule has 0 N–H and O–H groups in total. The Hall–Kier alpha value is 0.580. The molecule has 10 heavy (non-hydrogen) atoms. The first-order valence-electron chi connectivity index (χ1n) is 4.04. The Morgan fingerprint density at radius 3 is 1.70 bits per heavy atom. The summed E-state index contributed by atoms with van der Waals surface area (Å²) in [4.78, 5) is 0. The lowest BCUT2D eigenvalue weighted by Gasteiger charge is -2.22. The first-order valence-corrected chi connectivity index (χ1v) is 4.80. The van der Waals surface area contributed by atoms with Crippen LogP contribution in [0.4, 0.5) is 0 Å². The van der Waals surface area contributed by atoms with E-state index in [4.69, 9.17) is 23.2 Å². The molecule has 0 aromatic heterocycles. The summed E-state index contributed by atoms with van der Waals surface area (Å²) in [5.74, 6) is 0. The van der Waals surface area contributed by atoms with E-state index in [0.29, 0.717) is 5.41 Å². The maximum absolute atomic E-state index is 6.04. The molecule has 2 aliphatic rings. The molecule has 2 fully saturated rings. The zero-order valence-corrected chi connectivity index (χ0v) is 7.51. The molecule has 0 unspecified atom stereocenters. The zero-order valence-electron chi connectivity index (χ0n) is 6.00. The van der Waals surface area contributed by atoms with Gasteiger partial charge in [0.1, 0.15) is 4.33 Å². The van der Waals surface area contributed by atoms with Crippen molar-refractivity contribution in [3.63, 3.8) is 0 Å². The minimum absolute atomic E-state index is 0.340. The molecule has 0 radical (unpaired) electrons. The highest BCUT2D eigenvalue weighted by molar-refractivity contribution is 6.51. The molecular formula is C8H12Cl2. The van der Waals surface area contributed by atoms with Crippen LogP contribution in [-0.4, -0.2) is 4.33 Å². The number of alkyl halides is 2. The summed E-state index contributed by atoms with van der Waals surface area (Å²) in [7, 11) is 0. The van der Waals surface area contributed by atoms with Crippen molar-refractivity contribution in [1.82, 2.24) is 0 Å².